The van der Waals surface area contributed by atoms with Crippen molar-refractivity contribution in [2.75, 3.05) is 7.11 Å². The summed E-state index contributed by atoms with van der Waals surface area (Å²) in [6.07, 6.45) is 0. The normalized spacial score (nSPS) is 11.2. The summed E-state index contributed by atoms with van der Waals surface area (Å²) in [5, 5.41) is 11.9. The number of methoxy groups -OCH3 is 1. The van der Waals surface area contributed by atoms with Gasteiger partial charge in [-0.25, -0.2) is 0 Å². The second-order valence-corrected chi connectivity index (χ2v) is 5.09. The van der Waals surface area contributed by atoms with Gasteiger partial charge in [0.1, 0.15) is 18.1 Å². The summed E-state index contributed by atoms with van der Waals surface area (Å²) >= 11 is 3.37. The van der Waals surface area contributed by atoms with Gasteiger partial charge < -0.3 is 20.4 Å². The third-order valence-corrected chi connectivity index (χ3v) is 3.53. The number of oxime groups is 1. The number of benzene rings is 2. The number of nitrogens with zero attached hydrogens (tertiary/aromatic N) is 1. The lowest BCUT2D eigenvalue weighted by molar-refractivity contribution is 0.302. The average Bonchev–Trinajstić information content (AvgIpc) is 2.52. The zero-order valence-electron chi connectivity index (χ0n) is 11.4. The van der Waals surface area contributed by atoms with Crippen LogP contribution >= 0.6 is 15.9 Å². The molecule has 0 atom stereocenters. The molecule has 21 heavy (non-hydrogen) atoms. The van der Waals surface area contributed by atoms with Crippen molar-refractivity contribution >= 4 is 21.8 Å². The van der Waals surface area contributed by atoms with Crippen molar-refractivity contribution in [1.82, 2.24) is 0 Å². The van der Waals surface area contributed by atoms with Crippen LogP contribution < -0.4 is 15.2 Å². The zero-order chi connectivity index (χ0) is 15.2. The maximum atomic E-state index is 8.86. The van der Waals surface area contributed by atoms with Gasteiger partial charge in [-0.1, -0.05) is 23.4 Å². The fourth-order valence-corrected chi connectivity index (χ4v) is 2.40. The first-order valence-corrected chi connectivity index (χ1v) is 6.97. The molecule has 0 aromatic heterocycles. The molecule has 0 amide bonds. The Labute approximate surface area is 131 Å². The minimum absolute atomic E-state index is 0.0110. The highest BCUT2D eigenvalue weighted by Crippen LogP contribution is 2.27. The van der Waals surface area contributed by atoms with Crippen molar-refractivity contribution in [1.29, 1.82) is 0 Å². The first kappa shape index (κ1) is 15.2. The molecule has 0 heterocycles. The number of nitrogens with two attached hydrogens (primary N) is 1. The summed E-state index contributed by atoms with van der Waals surface area (Å²) in [7, 11) is 1.62. The topological polar surface area (TPSA) is 77.1 Å². The largest absolute Gasteiger partial charge is 0.497 e. The van der Waals surface area contributed by atoms with E-state index in [9.17, 15) is 0 Å². The lowest BCUT2D eigenvalue weighted by Gasteiger charge is -2.12. The van der Waals surface area contributed by atoms with Gasteiger partial charge in [0.15, 0.2) is 5.84 Å². The number of hydrogen-bond acceptors (Lipinski definition) is 4. The molecule has 2 aromatic carbocycles. The molecule has 0 aliphatic heterocycles. The molecule has 0 fully saturated rings. The van der Waals surface area contributed by atoms with Gasteiger partial charge >= 0.3 is 0 Å². The van der Waals surface area contributed by atoms with E-state index in [4.69, 9.17) is 20.4 Å². The Balaban J connectivity index is 2.22. The third kappa shape index (κ3) is 3.66. The molecule has 110 valence electrons. The summed E-state index contributed by atoms with van der Waals surface area (Å²) in [6.45, 7) is 0.347. The van der Waals surface area contributed by atoms with Gasteiger partial charge in [0.25, 0.3) is 0 Å². The zero-order valence-corrected chi connectivity index (χ0v) is 13.0. The van der Waals surface area contributed by atoms with Crippen LogP contribution in [0.3, 0.4) is 0 Å². The predicted octanol–water partition coefficient (Wildman–Crippen LogP) is 3.13. The summed E-state index contributed by atoms with van der Waals surface area (Å²) in [5.41, 5.74) is 7.16. The Hall–Kier alpha value is -2.21. The van der Waals surface area contributed by atoms with Crippen LogP contribution in [-0.2, 0) is 6.61 Å². The number of amidine groups is 1. The highest BCUT2D eigenvalue weighted by Gasteiger charge is 2.12. The molecule has 3 N–H and O–H groups in total. The minimum atomic E-state index is -0.0110. The van der Waals surface area contributed by atoms with Crippen LogP contribution in [0.2, 0.25) is 0 Å². The summed E-state index contributed by atoms with van der Waals surface area (Å²) in [6, 6.07) is 13.0. The summed E-state index contributed by atoms with van der Waals surface area (Å²) in [4.78, 5) is 0. The summed E-state index contributed by atoms with van der Waals surface area (Å²) < 4.78 is 11.6. The predicted molar refractivity (Wildman–Crippen MR) is 84.0 cm³/mol. The molecule has 0 spiro atoms. The van der Waals surface area contributed by atoms with Crippen LogP contribution in [-0.4, -0.2) is 18.2 Å². The molecular weight excluding hydrogens is 336 g/mol. The second-order valence-electron chi connectivity index (χ2n) is 4.24. The number of ether oxygens (including phenoxy) is 2. The standard InChI is InChI=1S/C15H15BrN2O3/c1-20-11-5-2-4-10(8-11)9-21-13-7-3-6-12(16)14(13)15(17)18-19/h2-8,19H,9H2,1H3,(H2,17,18). The van der Waals surface area contributed by atoms with Gasteiger partial charge in [-0.3, -0.25) is 0 Å². The van der Waals surface area contributed by atoms with Gasteiger partial charge in [0.2, 0.25) is 0 Å². The van der Waals surface area contributed by atoms with E-state index in [1.165, 1.54) is 0 Å². The molecule has 2 rings (SSSR count). The molecule has 5 nitrogen and oxygen atoms in total. The Kier molecular flexibility index (Phi) is 5.05. The van der Waals surface area contributed by atoms with Crippen molar-refractivity contribution in [2.45, 2.75) is 6.61 Å². The number of halogens is 1. The number of hydrogen-bond donors (Lipinski definition) is 2. The van der Waals surface area contributed by atoms with Crippen LogP contribution in [0.4, 0.5) is 0 Å². The molecule has 0 saturated carbocycles. The summed E-state index contributed by atoms with van der Waals surface area (Å²) in [5.74, 6) is 1.28. The Bertz CT molecular complexity index is 659. The van der Waals surface area contributed by atoms with Gasteiger partial charge in [-0.2, -0.15) is 0 Å². The minimum Gasteiger partial charge on any atom is -0.497 e. The Morgan fingerprint density at radius 2 is 2.05 bits per heavy atom. The first-order valence-electron chi connectivity index (χ1n) is 6.18. The molecule has 6 heteroatoms. The first-order chi connectivity index (χ1) is 10.2. The van der Waals surface area contributed by atoms with Crippen LogP contribution in [0.25, 0.3) is 0 Å². The fraction of sp³-hybridized carbons (Fsp3) is 0.133. The van der Waals surface area contributed by atoms with Crippen molar-refractivity contribution in [3.8, 4) is 11.5 Å². The Morgan fingerprint density at radius 1 is 1.29 bits per heavy atom. The smallest absolute Gasteiger partial charge is 0.174 e. The van der Waals surface area contributed by atoms with Crippen LogP contribution in [0.1, 0.15) is 11.1 Å². The molecule has 0 radical (unpaired) electrons. The lowest BCUT2D eigenvalue weighted by atomic mass is 10.2. The monoisotopic (exact) mass is 350 g/mol. The van der Waals surface area contributed by atoms with E-state index in [-0.39, 0.29) is 5.84 Å². The molecule has 0 aliphatic rings. The highest BCUT2D eigenvalue weighted by atomic mass is 79.9. The second kappa shape index (κ2) is 6.99. The van der Waals surface area contributed by atoms with E-state index in [1.807, 2.05) is 30.3 Å². The lowest BCUT2D eigenvalue weighted by Crippen LogP contribution is -2.15. The van der Waals surface area contributed by atoms with Crippen molar-refractivity contribution in [3.05, 3.63) is 58.1 Å². The van der Waals surface area contributed by atoms with Gasteiger partial charge in [0, 0.05) is 4.47 Å². The average molecular weight is 351 g/mol. The molecule has 2 aromatic rings. The van der Waals surface area contributed by atoms with E-state index >= 15 is 0 Å². The SMILES string of the molecule is COc1cccc(COc2cccc(Br)c2/C(N)=N/O)c1. The van der Waals surface area contributed by atoms with E-state index in [2.05, 4.69) is 21.1 Å². The van der Waals surface area contributed by atoms with Crippen molar-refractivity contribution < 1.29 is 14.7 Å². The van der Waals surface area contributed by atoms with Crippen LogP contribution in [0, 0.1) is 0 Å². The maximum absolute atomic E-state index is 8.86. The van der Waals surface area contributed by atoms with E-state index < -0.39 is 0 Å². The molecule has 0 unspecified atom stereocenters. The fourth-order valence-electron chi connectivity index (χ4n) is 1.85. The molecule has 0 saturated heterocycles. The van der Waals surface area contributed by atoms with E-state index in [0.29, 0.717) is 22.4 Å². The maximum Gasteiger partial charge on any atom is 0.174 e. The molecule has 0 aliphatic carbocycles. The highest BCUT2D eigenvalue weighted by molar-refractivity contribution is 9.10. The quantitative estimate of drug-likeness (QED) is 0.376. The van der Waals surface area contributed by atoms with Crippen LogP contribution in [0.5, 0.6) is 11.5 Å². The molecular formula is C15H15BrN2O3. The van der Waals surface area contributed by atoms with E-state index in [0.717, 1.165) is 11.3 Å². The molecule has 0 bridgehead atoms. The van der Waals surface area contributed by atoms with Gasteiger partial charge in [-0.05, 0) is 45.8 Å². The van der Waals surface area contributed by atoms with Crippen LogP contribution in [0.15, 0.2) is 52.1 Å². The van der Waals surface area contributed by atoms with Crippen molar-refractivity contribution in [3.63, 3.8) is 0 Å². The van der Waals surface area contributed by atoms with Gasteiger partial charge in [0.05, 0.1) is 12.7 Å². The third-order valence-electron chi connectivity index (χ3n) is 2.87. The van der Waals surface area contributed by atoms with E-state index in [1.54, 1.807) is 19.2 Å². The number of rotatable bonds is 5. The Morgan fingerprint density at radius 3 is 2.76 bits per heavy atom. The van der Waals surface area contributed by atoms with Gasteiger partial charge in [-0.15, -0.1) is 0 Å². The van der Waals surface area contributed by atoms with Crippen molar-refractivity contribution in [2.24, 2.45) is 10.9 Å².